The summed E-state index contributed by atoms with van der Waals surface area (Å²) in [6, 6.07) is 22.9. The highest BCUT2D eigenvalue weighted by Crippen LogP contribution is 2.48. The Balaban J connectivity index is 1.34. The number of urea groups is 1. The van der Waals surface area contributed by atoms with Gasteiger partial charge in [0.2, 0.25) is 0 Å². The molecule has 0 saturated heterocycles. The lowest BCUT2D eigenvalue weighted by Crippen LogP contribution is -2.19. The van der Waals surface area contributed by atoms with Crippen LogP contribution in [0.4, 0.5) is 16.2 Å². The average Bonchev–Trinajstić information content (AvgIpc) is 3.06. The highest BCUT2D eigenvalue weighted by molar-refractivity contribution is 5.99. The van der Waals surface area contributed by atoms with Gasteiger partial charge in [-0.2, -0.15) is 0 Å². The van der Waals surface area contributed by atoms with E-state index in [9.17, 15) is 9.59 Å². The number of rotatable bonds is 10. The fourth-order valence-electron chi connectivity index (χ4n) is 6.45. The first kappa shape index (κ1) is 29.5. The summed E-state index contributed by atoms with van der Waals surface area (Å²) in [4.78, 5) is 25.0. The van der Waals surface area contributed by atoms with Crippen molar-refractivity contribution < 1.29 is 23.8 Å². The highest BCUT2D eigenvalue weighted by atomic mass is 16.7. The van der Waals surface area contributed by atoms with Crippen molar-refractivity contribution in [3.8, 4) is 22.6 Å². The van der Waals surface area contributed by atoms with Crippen LogP contribution < -0.4 is 20.1 Å². The monoisotopic (exact) mass is 590 g/mol. The molecule has 7 nitrogen and oxygen atoms in total. The summed E-state index contributed by atoms with van der Waals surface area (Å²) in [5.74, 6) is 1.34. The van der Waals surface area contributed by atoms with Gasteiger partial charge in [-0.15, -0.1) is 0 Å². The average molecular weight is 591 g/mol. The van der Waals surface area contributed by atoms with Crippen LogP contribution in [0.1, 0.15) is 63.9 Å². The lowest BCUT2D eigenvalue weighted by molar-refractivity contribution is 0.0508. The van der Waals surface area contributed by atoms with Gasteiger partial charge >= 0.3 is 6.03 Å². The van der Waals surface area contributed by atoms with Crippen molar-refractivity contribution in [1.82, 2.24) is 0 Å². The molecule has 0 saturated carbocycles. The third-order valence-corrected chi connectivity index (χ3v) is 8.43. The Kier molecular flexibility index (Phi) is 9.22. The van der Waals surface area contributed by atoms with Crippen LogP contribution in [-0.2, 0) is 37.0 Å². The maximum absolute atomic E-state index is 12.6. The first-order valence-electron chi connectivity index (χ1n) is 15.4. The predicted octanol–water partition coefficient (Wildman–Crippen LogP) is 8.13. The van der Waals surface area contributed by atoms with Crippen molar-refractivity contribution in [2.75, 3.05) is 24.5 Å². The van der Waals surface area contributed by atoms with Crippen molar-refractivity contribution in [1.29, 1.82) is 0 Å². The Morgan fingerprint density at radius 1 is 0.750 bits per heavy atom. The molecule has 226 valence electrons. The van der Waals surface area contributed by atoms with Crippen LogP contribution in [0.25, 0.3) is 11.1 Å². The molecule has 0 spiro atoms. The van der Waals surface area contributed by atoms with Gasteiger partial charge in [0.25, 0.3) is 0 Å². The van der Waals surface area contributed by atoms with E-state index in [1.165, 1.54) is 22.3 Å². The Bertz CT molecular complexity index is 1650. The number of carbonyl (C=O) groups is 2. The second kappa shape index (κ2) is 13.8. The molecule has 0 radical (unpaired) electrons. The molecule has 0 aliphatic heterocycles. The summed E-state index contributed by atoms with van der Waals surface area (Å²) < 4.78 is 18.1. The lowest BCUT2D eigenvalue weighted by Gasteiger charge is -2.28. The lowest BCUT2D eigenvalue weighted by atomic mass is 9.79. The zero-order valence-electron chi connectivity index (χ0n) is 25.1. The summed E-state index contributed by atoms with van der Waals surface area (Å²) in [5, 5.41) is 5.76. The quantitative estimate of drug-likeness (QED) is 0.144. The number of carbonyl (C=O) groups excluding carboxylic acids is 2. The second-order valence-corrected chi connectivity index (χ2v) is 11.4. The van der Waals surface area contributed by atoms with Crippen LogP contribution in [0, 0.1) is 0 Å². The first-order valence-corrected chi connectivity index (χ1v) is 15.4. The number of nitrogens with one attached hydrogen (secondary N) is 2. The number of amides is 2. The maximum atomic E-state index is 12.6. The van der Waals surface area contributed by atoms with E-state index in [1.807, 2.05) is 60.7 Å². The number of para-hydroxylation sites is 1. The molecule has 0 bridgehead atoms. The van der Waals surface area contributed by atoms with Gasteiger partial charge in [0.15, 0.2) is 13.1 Å². The second-order valence-electron chi connectivity index (χ2n) is 11.4. The van der Waals surface area contributed by atoms with Gasteiger partial charge in [0.05, 0.1) is 5.56 Å². The standard InChI is InChI=1S/C37H38N2O5/c1-42-24-44-36-28(22-40)21-27-12-6-8-17-32(27)35(36)34-31-16-7-5-11-26(31)18-19-33(34)43-23-25-10-9-15-30(20-25)39-37(41)38-29-13-3-2-4-14-29/h2-4,9-10,13-15,18-22H,5-8,11-12,16-17,23-24H2,1H3,(H2,38,39,41). The van der Waals surface area contributed by atoms with Gasteiger partial charge in [-0.25, -0.2) is 4.79 Å². The number of ether oxygens (including phenoxy) is 3. The molecule has 4 aromatic carbocycles. The van der Waals surface area contributed by atoms with E-state index in [0.29, 0.717) is 23.6 Å². The van der Waals surface area contributed by atoms with Gasteiger partial charge < -0.3 is 24.8 Å². The molecule has 2 aliphatic carbocycles. The van der Waals surface area contributed by atoms with Crippen molar-refractivity contribution in [2.24, 2.45) is 0 Å². The number of fused-ring (bicyclic) bond motifs is 2. The van der Waals surface area contributed by atoms with E-state index in [1.54, 1.807) is 7.11 Å². The normalized spacial score (nSPS) is 13.8. The number of aryl methyl sites for hydroxylation is 2. The molecule has 0 atom stereocenters. The van der Waals surface area contributed by atoms with Crippen molar-refractivity contribution in [2.45, 2.75) is 58.0 Å². The zero-order chi connectivity index (χ0) is 30.3. The number of anilines is 2. The van der Waals surface area contributed by atoms with Crippen LogP contribution in [-0.4, -0.2) is 26.2 Å². The fourth-order valence-corrected chi connectivity index (χ4v) is 6.45. The first-order chi connectivity index (χ1) is 21.6. The maximum Gasteiger partial charge on any atom is 0.323 e. The van der Waals surface area contributed by atoms with E-state index in [4.69, 9.17) is 14.2 Å². The Morgan fingerprint density at radius 3 is 2.23 bits per heavy atom. The molecule has 2 amide bonds. The van der Waals surface area contributed by atoms with Gasteiger partial charge in [-0.3, -0.25) is 4.79 Å². The molecule has 4 aromatic rings. The number of benzene rings is 4. The fraction of sp³-hybridized carbons (Fsp3) is 0.297. The summed E-state index contributed by atoms with van der Waals surface area (Å²) in [7, 11) is 1.59. The Morgan fingerprint density at radius 2 is 1.45 bits per heavy atom. The molecular formula is C37H38N2O5. The SMILES string of the molecule is COCOc1c(C=O)cc2c(c1-c1c(OCc3cccc(NC(=O)Nc4ccccc4)c3)ccc3c1CCCC3)CCCC2. The molecule has 0 fully saturated rings. The van der Waals surface area contributed by atoms with Gasteiger partial charge in [-0.1, -0.05) is 36.4 Å². The summed E-state index contributed by atoms with van der Waals surface area (Å²) >= 11 is 0. The van der Waals surface area contributed by atoms with Crippen molar-refractivity contribution in [3.05, 3.63) is 106 Å². The van der Waals surface area contributed by atoms with Crippen LogP contribution in [0.3, 0.4) is 0 Å². The minimum absolute atomic E-state index is 0.0511. The largest absolute Gasteiger partial charge is 0.488 e. The molecule has 0 aromatic heterocycles. The number of hydrogen-bond acceptors (Lipinski definition) is 5. The predicted molar refractivity (Wildman–Crippen MR) is 173 cm³/mol. The van der Waals surface area contributed by atoms with E-state index in [0.717, 1.165) is 85.8 Å². The smallest absolute Gasteiger partial charge is 0.323 e. The third-order valence-electron chi connectivity index (χ3n) is 8.43. The van der Waals surface area contributed by atoms with Crippen LogP contribution in [0.5, 0.6) is 11.5 Å². The van der Waals surface area contributed by atoms with E-state index in [2.05, 4.69) is 22.8 Å². The van der Waals surface area contributed by atoms with Gasteiger partial charge in [0, 0.05) is 29.6 Å². The van der Waals surface area contributed by atoms with Crippen molar-refractivity contribution in [3.63, 3.8) is 0 Å². The minimum atomic E-state index is -0.310. The number of hydrogen-bond donors (Lipinski definition) is 2. The summed E-state index contributed by atoms with van der Waals surface area (Å²) in [5.41, 5.74) is 9.93. The van der Waals surface area contributed by atoms with Gasteiger partial charge in [0.1, 0.15) is 18.1 Å². The highest BCUT2D eigenvalue weighted by Gasteiger charge is 2.28. The van der Waals surface area contributed by atoms with Gasteiger partial charge in [-0.05, 0) is 116 Å². The molecule has 0 unspecified atom stereocenters. The van der Waals surface area contributed by atoms with E-state index in [-0.39, 0.29) is 12.8 Å². The Hall–Kier alpha value is -4.62. The number of methoxy groups -OCH3 is 1. The topological polar surface area (TPSA) is 85.9 Å². The zero-order valence-corrected chi connectivity index (χ0v) is 25.1. The van der Waals surface area contributed by atoms with E-state index < -0.39 is 0 Å². The van der Waals surface area contributed by atoms with E-state index >= 15 is 0 Å². The summed E-state index contributed by atoms with van der Waals surface area (Å²) in [6.45, 7) is 0.362. The van der Waals surface area contributed by atoms with Crippen LogP contribution in [0.15, 0.2) is 72.8 Å². The Labute approximate surface area is 258 Å². The molecule has 6 rings (SSSR count). The number of aldehydes is 1. The minimum Gasteiger partial charge on any atom is -0.488 e. The van der Waals surface area contributed by atoms with Crippen LogP contribution >= 0.6 is 0 Å². The third kappa shape index (κ3) is 6.48. The summed E-state index contributed by atoms with van der Waals surface area (Å²) in [6.07, 6.45) is 9.18. The molecule has 2 aliphatic rings. The molecule has 7 heteroatoms. The molecule has 2 N–H and O–H groups in total. The van der Waals surface area contributed by atoms with Crippen LogP contribution in [0.2, 0.25) is 0 Å². The molecule has 0 heterocycles. The van der Waals surface area contributed by atoms with Crippen molar-refractivity contribution >= 4 is 23.7 Å². The molecule has 44 heavy (non-hydrogen) atoms. The molecular weight excluding hydrogens is 552 g/mol.